The van der Waals surface area contributed by atoms with Crippen LogP contribution in [0.15, 0.2) is 12.7 Å². The Morgan fingerprint density at radius 3 is 2.17 bits per heavy atom. The Kier molecular flexibility index (Phi) is 11.4. The largest absolute Gasteiger partial charge is 0.346 e. The molecule has 14 heteroatoms. The molecule has 0 spiro atoms. The van der Waals surface area contributed by atoms with Crippen molar-refractivity contribution in [1.29, 1.82) is 0 Å². The van der Waals surface area contributed by atoms with Crippen LogP contribution in [0.25, 0.3) is 0 Å². The van der Waals surface area contributed by atoms with Crippen molar-refractivity contribution in [2.45, 2.75) is 91.9 Å². The summed E-state index contributed by atoms with van der Waals surface area (Å²) < 4.78 is 25.1. The van der Waals surface area contributed by atoms with Crippen LogP contribution < -0.4 is 21.3 Å². The molecular formula is C32H54N6O7S. The molecule has 260 valence electrons. The molecule has 6 atom stereocenters. The first-order valence-electron chi connectivity index (χ1n) is 16.1. The number of hydrogen-bond donors (Lipinski definition) is 4. The van der Waals surface area contributed by atoms with Gasteiger partial charge >= 0.3 is 6.03 Å². The number of Topliss-reactive ketones (excluding diaryl/α,β-unsaturated/α-hetero) is 1. The second-order valence-electron chi connectivity index (χ2n) is 15.3. The minimum absolute atomic E-state index is 0.0528. The monoisotopic (exact) mass is 666 g/mol. The highest BCUT2D eigenvalue weighted by Crippen LogP contribution is 2.65. The van der Waals surface area contributed by atoms with Gasteiger partial charge < -0.3 is 26.2 Å². The Balaban J connectivity index is 1.81. The Morgan fingerprint density at radius 1 is 1.07 bits per heavy atom. The van der Waals surface area contributed by atoms with Crippen LogP contribution in [0.2, 0.25) is 0 Å². The molecule has 5 amide bonds. The van der Waals surface area contributed by atoms with Gasteiger partial charge in [0, 0.05) is 32.7 Å². The van der Waals surface area contributed by atoms with E-state index in [-0.39, 0.29) is 42.2 Å². The van der Waals surface area contributed by atoms with Crippen LogP contribution in [0, 0.1) is 34.5 Å². The highest BCUT2D eigenvalue weighted by molar-refractivity contribution is 7.88. The lowest BCUT2D eigenvalue weighted by Crippen LogP contribution is -2.62. The number of nitrogens with zero attached hydrogens (tertiary/aromatic N) is 2. The molecule has 46 heavy (non-hydrogen) atoms. The van der Waals surface area contributed by atoms with Crippen molar-refractivity contribution >= 4 is 39.6 Å². The second kappa shape index (κ2) is 14.0. The number of rotatable bonds is 15. The maximum absolute atomic E-state index is 14.3. The van der Waals surface area contributed by atoms with Crippen LogP contribution in [-0.2, 0) is 29.2 Å². The Hall–Kier alpha value is -3.00. The summed E-state index contributed by atoms with van der Waals surface area (Å²) in [6, 6.07) is -4.06. The van der Waals surface area contributed by atoms with Crippen molar-refractivity contribution in [2.75, 3.05) is 32.9 Å². The first kappa shape index (κ1) is 37.5. The van der Waals surface area contributed by atoms with E-state index in [1.807, 2.05) is 48.5 Å². The summed E-state index contributed by atoms with van der Waals surface area (Å²) in [7, 11) is -2.04. The molecule has 4 N–H and O–H groups in total. The lowest BCUT2D eigenvalue weighted by Gasteiger charge is -2.38. The first-order chi connectivity index (χ1) is 21.1. The SMILES string of the molecule is C=CCNC(=O)C(=O)C(CC1CC1)NC(=O)[C@@H]1[C@@H]2[C@H](CN1C(=O)[C@@H](NC(=O)N[C@H](CN(C)S(C)(=O)=O)C(C)C)C(C)(C)C)C2(C)C. The van der Waals surface area contributed by atoms with Gasteiger partial charge in [0.2, 0.25) is 27.6 Å². The highest BCUT2D eigenvalue weighted by atomic mass is 32.2. The number of urea groups is 1. The molecular weight excluding hydrogens is 612 g/mol. The van der Waals surface area contributed by atoms with Crippen LogP contribution in [0.5, 0.6) is 0 Å². The lowest BCUT2D eigenvalue weighted by molar-refractivity contribution is -0.145. The maximum atomic E-state index is 14.3. The fraction of sp³-hybridized carbons (Fsp3) is 0.781. The van der Waals surface area contributed by atoms with E-state index in [9.17, 15) is 32.4 Å². The molecule has 3 aliphatic rings. The average Bonchev–Trinajstić information content (AvgIpc) is 3.79. The summed E-state index contributed by atoms with van der Waals surface area (Å²) in [6.07, 6.45) is 4.75. The van der Waals surface area contributed by atoms with Gasteiger partial charge in [-0.05, 0) is 40.9 Å². The Bertz CT molecular complexity index is 1320. The zero-order chi connectivity index (χ0) is 34.9. The fourth-order valence-electron chi connectivity index (χ4n) is 6.39. The van der Waals surface area contributed by atoms with Gasteiger partial charge in [-0.3, -0.25) is 19.2 Å². The summed E-state index contributed by atoms with van der Waals surface area (Å²) in [6.45, 7) is 17.3. The number of amides is 5. The van der Waals surface area contributed by atoms with Crippen molar-refractivity contribution in [1.82, 2.24) is 30.5 Å². The number of sulfonamides is 1. The number of nitrogens with one attached hydrogen (secondary N) is 4. The minimum Gasteiger partial charge on any atom is -0.346 e. The fourth-order valence-corrected chi connectivity index (χ4v) is 6.82. The minimum atomic E-state index is -3.47. The number of likely N-dealkylation sites (tertiary alicyclic amines) is 1. The van der Waals surface area contributed by atoms with Gasteiger partial charge in [-0.2, -0.15) is 0 Å². The first-order valence-corrected chi connectivity index (χ1v) is 18.0. The zero-order valence-corrected chi connectivity index (χ0v) is 29.6. The third-order valence-electron chi connectivity index (χ3n) is 9.82. The van der Waals surface area contributed by atoms with Crippen molar-refractivity contribution in [3.05, 3.63) is 12.7 Å². The third-order valence-corrected chi connectivity index (χ3v) is 11.1. The van der Waals surface area contributed by atoms with Gasteiger partial charge in [0.15, 0.2) is 0 Å². The van der Waals surface area contributed by atoms with Gasteiger partial charge in [0.05, 0.1) is 12.3 Å². The standard InChI is InChI=1S/C32H54N6O7S/c1-11-14-33-28(41)25(39)21(15-19-12-13-19)34-27(40)24-23-20(32(23,7)8)16-38(24)29(42)26(31(4,5)6)36-30(43)35-22(18(2)3)17-37(9)46(10,44)45/h11,18-24,26H,1,12-17H2,2-10H3,(H,33,41)(H,34,40)(H2,35,36,43)/t20-,21?,22+,23-,24-,26+/m0/s1. The van der Waals surface area contributed by atoms with Crippen LogP contribution in [0.4, 0.5) is 4.79 Å². The molecule has 3 rings (SSSR count). The maximum Gasteiger partial charge on any atom is 0.315 e. The van der Waals surface area contributed by atoms with Crippen LogP contribution in [0.3, 0.4) is 0 Å². The van der Waals surface area contributed by atoms with Crippen molar-refractivity contribution in [3.63, 3.8) is 0 Å². The van der Waals surface area contributed by atoms with E-state index in [4.69, 9.17) is 0 Å². The number of fused-ring (bicyclic) bond motifs is 1. The molecule has 3 fully saturated rings. The summed E-state index contributed by atoms with van der Waals surface area (Å²) in [5.41, 5.74) is -0.948. The molecule has 0 aromatic rings. The topological polar surface area (TPSA) is 174 Å². The van der Waals surface area contributed by atoms with Crippen LogP contribution >= 0.6 is 0 Å². The van der Waals surface area contributed by atoms with E-state index < -0.39 is 69.1 Å². The molecule has 13 nitrogen and oxygen atoms in total. The molecule has 1 heterocycles. The summed E-state index contributed by atoms with van der Waals surface area (Å²) in [5.74, 6) is -2.37. The number of ketones is 1. The number of hydrogen-bond acceptors (Lipinski definition) is 7. The molecule has 0 aromatic heterocycles. The van der Waals surface area contributed by atoms with Crippen LogP contribution in [0.1, 0.15) is 67.7 Å². The summed E-state index contributed by atoms with van der Waals surface area (Å²) in [4.78, 5) is 68.7. The number of likely N-dealkylation sites (N-methyl/N-ethyl adjacent to an activating group) is 1. The van der Waals surface area contributed by atoms with E-state index in [1.165, 1.54) is 18.0 Å². The quantitative estimate of drug-likeness (QED) is 0.150. The smallest absolute Gasteiger partial charge is 0.315 e. The molecule has 0 bridgehead atoms. The predicted molar refractivity (Wildman–Crippen MR) is 175 cm³/mol. The number of piperidine rings is 1. The normalized spacial score (nSPS) is 24.0. The van der Waals surface area contributed by atoms with Crippen LogP contribution in [-0.4, -0.2) is 104 Å². The third kappa shape index (κ3) is 8.87. The number of carbonyl (C=O) groups excluding carboxylic acids is 5. The molecule has 2 aliphatic carbocycles. The summed E-state index contributed by atoms with van der Waals surface area (Å²) in [5, 5.41) is 11.0. The molecule has 0 radical (unpaired) electrons. The second-order valence-corrected chi connectivity index (χ2v) is 17.4. The van der Waals surface area contributed by atoms with Crippen molar-refractivity contribution in [3.8, 4) is 0 Å². The average molecular weight is 667 g/mol. The van der Waals surface area contributed by atoms with Gasteiger partial charge in [0.1, 0.15) is 12.1 Å². The van der Waals surface area contributed by atoms with E-state index in [2.05, 4.69) is 27.8 Å². The number of carbonyl (C=O) groups is 5. The molecule has 1 saturated heterocycles. The molecule has 1 aliphatic heterocycles. The van der Waals surface area contributed by atoms with Gasteiger partial charge in [-0.1, -0.05) is 67.4 Å². The van der Waals surface area contributed by atoms with E-state index in [1.54, 1.807) is 0 Å². The Morgan fingerprint density at radius 2 is 1.67 bits per heavy atom. The van der Waals surface area contributed by atoms with E-state index in [0.29, 0.717) is 13.0 Å². The lowest BCUT2D eigenvalue weighted by atomic mass is 9.85. The van der Waals surface area contributed by atoms with E-state index in [0.717, 1.165) is 23.4 Å². The zero-order valence-electron chi connectivity index (χ0n) is 28.8. The molecule has 1 unspecified atom stereocenters. The molecule has 2 saturated carbocycles. The highest BCUT2D eigenvalue weighted by Gasteiger charge is 2.70. The summed E-state index contributed by atoms with van der Waals surface area (Å²) >= 11 is 0. The van der Waals surface area contributed by atoms with Crippen molar-refractivity contribution < 1.29 is 32.4 Å². The van der Waals surface area contributed by atoms with Crippen molar-refractivity contribution in [2.24, 2.45) is 34.5 Å². The molecule has 0 aromatic carbocycles. The predicted octanol–water partition coefficient (Wildman–Crippen LogP) is 1.26. The van der Waals surface area contributed by atoms with E-state index >= 15 is 0 Å². The van der Waals surface area contributed by atoms with Gasteiger partial charge in [-0.25, -0.2) is 17.5 Å². The van der Waals surface area contributed by atoms with Gasteiger partial charge in [0.25, 0.3) is 5.91 Å². The van der Waals surface area contributed by atoms with Gasteiger partial charge in [-0.15, -0.1) is 6.58 Å². The Labute approximate surface area is 274 Å².